The molecule has 1 fully saturated rings. The van der Waals surface area contributed by atoms with Crippen molar-refractivity contribution in [3.63, 3.8) is 0 Å². The van der Waals surface area contributed by atoms with Gasteiger partial charge in [-0.25, -0.2) is 9.80 Å². The molecule has 1 saturated heterocycles. The lowest BCUT2D eigenvalue weighted by atomic mass is 10.2. The van der Waals surface area contributed by atoms with Gasteiger partial charge in [0.25, 0.3) is 5.91 Å². The summed E-state index contributed by atoms with van der Waals surface area (Å²) in [5.41, 5.74) is 3.02. The maximum Gasteiger partial charge on any atom is 0.343 e. The second kappa shape index (κ2) is 6.23. The lowest BCUT2D eigenvalue weighted by Gasteiger charge is -2.13. The van der Waals surface area contributed by atoms with Crippen LogP contribution in [0.4, 0.5) is 4.79 Å². The third kappa shape index (κ3) is 2.77. The van der Waals surface area contributed by atoms with Gasteiger partial charge in [-0.1, -0.05) is 0 Å². The zero-order chi connectivity index (χ0) is 18.1. The molecule has 0 radical (unpaired) electrons. The van der Waals surface area contributed by atoms with E-state index in [0.717, 1.165) is 5.01 Å². The van der Waals surface area contributed by atoms with Gasteiger partial charge in [0.15, 0.2) is 11.5 Å². The van der Waals surface area contributed by atoms with Crippen LogP contribution in [0.1, 0.15) is 10.5 Å². The van der Waals surface area contributed by atoms with Crippen LogP contribution in [0, 0.1) is 0 Å². The Balaban J connectivity index is 1.98. The molecule has 10 heteroatoms. The minimum absolute atomic E-state index is 0.159. The number of nitrogens with one attached hydrogen (secondary N) is 3. The Hall–Kier alpha value is -3.43. The molecule has 0 atom stereocenters. The van der Waals surface area contributed by atoms with Crippen LogP contribution < -0.4 is 25.0 Å². The lowest BCUT2D eigenvalue weighted by molar-refractivity contribution is -0.118. The molecule has 2 heterocycles. The van der Waals surface area contributed by atoms with Gasteiger partial charge in [-0.2, -0.15) is 0 Å². The smallest absolute Gasteiger partial charge is 0.343 e. The quantitative estimate of drug-likeness (QED) is 0.672. The molecule has 3 N–H and O–H groups in total. The highest BCUT2D eigenvalue weighted by Crippen LogP contribution is 2.41. The predicted molar refractivity (Wildman–Crippen MR) is 85.7 cm³/mol. The number of hydrogen-bond donors (Lipinski definition) is 3. The van der Waals surface area contributed by atoms with E-state index in [9.17, 15) is 14.4 Å². The van der Waals surface area contributed by atoms with E-state index in [1.54, 1.807) is 12.1 Å². The fraction of sp³-hybridized carbons (Fsp3) is 0.267. The van der Waals surface area contributed by atoms with Gasteiger partial charge < -0.3 is 19.2 Å². The Bertz CT molecular complexity index is 875. The number of methoxy groups -OCH3 is 3. The summed E-state index contributed by atoms with van der Waals surface area (Å²) in [4.78, 5) is 38.0. The number of aromatic nitrogens is 1. The van der Waals surface area contributed by atoms with Crippen molar-refractivity contribution in [2.24, 2.45) is 0 Å². The summed E-state index contributed by atoms with van der Waals surface area (Å²) in [5.74, 6) is 0.243. The summed E-state index contributed by atoms with van der Waals surface area (Å²) < 4.78 is 15.9. The van der Waals surface area contributed by atoms with Crippen LogP contribution in [0.5, 0.6) is 17.2 Å². The topological polar surface area (TPSA) is 122 Å². The second-order valence-corrected chi connectivity index (χ2v) is 5.17. The molecule has 0 aliphatic carbocycles. The lowest BCUT2D eigenvalue weighted by Crippen LogP contribution is -2.44. The number of H-pyrrole nitrogens is 1. The number of urea groups is 1. The maximum atomic E-state index is 12.4. The van der Waals surface area contributed by atoms with Crippen LogP contribution in [0.3, 0.4) is 0 Å². The van der Waals surface area contributed by atoms with Crippen molar-refractivity contribution < 1.29 is 28.6 Å². The first-order valence-corrected chi connectivity index (χ1v) is 7.22. The van der Waals surface area contributed by atoms with Crippen molar-refractivity contribution in [2.45, 2.75) is 0 Å². The number of amides is 4. The van der Waals surface area contributed by atoms with Gasteiger partial charge in [0.2, 0.25) is 5.91 Å². The molecule has 0 spiro atoms. The number of carbonyl (C=O) groups excluding carboxylic acids is 3. The minimum Gasteiger partial charge on any atom is -0.496 e. The largest absolute Gasteiger partial charge is 0.496 e. The second-order valence-electron chi connectivity index (χ2n) is 5.17. The molecule has 1 aromatic carbocycles. The molecule has 1 aliphatic heterocycles. The minimum atomic E-state index is -0.689. The number of aromatic amines is 1. The van der Waals surface area contributed by atoms with Crippen molar-refractivity contribution in [3.8, 4) is 17.2 Å². The van der Waals surface area contributed by atoms with Crippen LogP contribution in [-0.4, -0.2) is 55.7 Å². The zero-order valence-corrected chi connectivity index (χ0v) is 13.8. The van der Waals surface area contributed by atoms with Gasteiger partial charge in [-0.05, 0) is 6.07 Å². The highest BCUT2D eigenvalue weighted by molar-refractivity contribution is 6.05. The molecule has 4 amide bonds. The third-order valence-corrected chi connectivity index (χ3v) is 3.71. The molecular weight excluding hydrogens is 332 g/mol. The van der Waals surface area contributed by atoms with Gasteiger partial charge in [0.1, 0.15) is 18.0 Å². The van der Waals surface area contributed by atoms with E-state index >= 15 is 0 Å². The van der Waals surface area contributed by atoms with E-state index in [2.05, 4.69) is 15.7 Å². The SMILES string of the molecule is COc1cc(OC)c2cc(C(=O)NN3CC(=O)NC3=O)[nH]c2c1OC. The van der Waals surface area contributed by atoms with E-state index in [-0.39, 0.29) is 12.2 Å². The first-order valence-electron chi connectivity index (χ1n) is 7.22. The van der Waals surface area contributed by atoms with E-state index in [1.807, 2.05) is 0 Å². The average molecular weight is 348 g/mol. The Morgan fingerprint density at radius 1 is 1.12 bits per heavy atom. The molecule has 3 rings (SSSR count). The predicted octanol–water partition coefficient (Wildman–Crippen LogP) is 0.390. The Kier molecular flexibility index (Phi) is 4.09. The number of nitrogens with zero attached hydrogens (tertiary/aromatic N) is 1. The fourth-order valence-corrected chi connectivity index (χ4v) is 2.57. The fourth-order valence-electron chi connectivity index (χ4n) is 2.57. The highest BCUT2D eigenvalue weighted by atomic mass is 16.5. The normalized spacial score (nSPS) is 13.8. The summed E-state index contributed by atoms with van der Waals surface area (Å²) in [6.07, 6.45) is 0. The number of fused-ring (bicyclic) bond motifs is 1. The Morgan fingerprint density at radius 3 is 2.40 bits per heavy atom. The standard InChI is InChI=1S/C15H16N4O6/c1-23-9-5-10(24-2)13(25-3)12-7(9)4-8(16-12)14(21)18-19-6-11(20)17-15(19)22/h4-5,16H,6H2,1-3H3,(H,18,21)(H,17,20,22). The van der Waals surface area contributed by atoms with Crippen molar-refractivity contribution >= 4 is 28.7 Å². The molecule has 25 heavy (non-hydrogen) atoms. The summed E-state index contributed by atoms with van der Waals surface area (Å²) in [7, 11) is 4.46. The highest BCUT2D eigenvalue weighted by Gasteiger charge is 2.29. The molecule has 0 unspecified atom stereocenters. The van der Waals surface area contributed by atoms with E-state index in [1.165, 1.54) is 21.3 Å². The Morgan fingerprint density at radius 2 is 1.84 bits per heavy atom. The Labute approximate surface area is 142 Å². The first-order chi connectivity index (χ1) is 12.0. The van der Waals surface area contributed by atoms with Gasteiger partial charge in [0, 0.05) is 11.5 Å². The van der Waals surface area contributed by atoms with Gasteiger partial charge in [0.05, 0.1) is 26.8 Å². The van der Waals surface area contributed by atoms with Crippen molar-refractivity contribution in [3.05, 3.63) is 17.8 Å². The summed E-state index contributed by atoms with van der Waals surface area (Å²) in [6.45, 7) is -0.245. The molecule has 1 aliphatic rings. The molecule has 10 nitrogen and oxygen atoms in total. The van der Waals surface area contributed by atoms with Crippen LogP contribution >= 0.6 is 0 Å². The van der Waals surface area contributed by atoms with Crippen molar-refractivity contribution in [1.82, 2.24) is 20.7 Å². The molecule has 0 bridgehead atoms. The van der Waals surface area contributed by atoms with Crippen LogP contribution in [-0.2, 0) is 4.79 Å². The van der Waals surface area contributed by atoms with E-state index in [0.29, 0.717) is 28.2 Å². The summed E-state index contributed by atoms with van der Waals surface area (Å²) in [6, 6.07) is 2.51. The number of hydrazine groups is 1. The zero-order valence-electron chi connectivity index (χ0n) is 13.8. The molecule has 1 aromatic heterocycles. The summed E-state index contributed by atoms with van der Waals surface area (Å²) >= 11 is 0. The molecule has 2 aromatic rings. The number of carbonyl (C=O) groups is 3. The van der Waals surface area contributed by atoms with Crippen LogP contribution in [0.15, 0.2) is 12.1 Å². The van der Waals surface area contributed by atoms with E-state index in [4.69, 9.17) is 14.2 Å². The molecule has 132 valence electrons. The number of ether oxygens (including phenoxy) is 3. The van der Waals surface area contributed by atoms with Gasteiger partial charge >= 0.3 is 6.03 Å². The first kappa shape index (κ1) is 16.4. The van der Waals surface area contributed by atoms with Crippen molar-refractivity contribution in [1.29, 1.82) is 0 Å². The van der Waals surface area contributed by atoms with Crippen molar-refractivity contribution in [2.75, 3.05) is 27.9 Å². The number of rotatable bonds is 5. The number of hydrogen-bond acceptors (Lipinski definition) is 6. The van der Waals surface area contributed by atoms with Gasteiger partial charge in [-0.3, -0.25) is 20.3 Å². The van der Waals surface area contributed by atoms with Gasteiger partial charge in [-0.15, -0.1) is 0 Å². The average Bonchev–Trinajstić information content (AvgIpc) is 3.16. The van der Waals surface area contributed by atoms with Crippen LogP contribution in [0.25, 0.3) is 10.9 Å². The number of imide groups is 1. The molecular formula is C15H16N4O6. The van der Waals surface area contributed by atoms with Crippen LogP contribution in [0.2, 0.25) is 0 Å². The monoisotopic (exact) mass is 348 g/mol. The third-order valence-electron chi connectivity index (χ3n) is 3.71. The van der Waals surface area contributed by atoms with E-state index < -0.39 is 17.8 Å². The molecule has 0 saturated carbocycles. The maximum absolute atomic E-state index is 12.4. The summed E-state index contributed by atoms with van der Waals surface area (Å²) in [5, 5.41) is 3.57. The number of benzene rings is 1.